The van der Waals surface area contributed by atoms with Crippen LogP contribution >= 0.6 is 0 Å². The molecule has 0 aliphatic rings. The predicted molar refractivity (Wildman–Crippen MR) is 115 cm³/mol. The summed E-state index contributed by atoms with van der Waals surface area (Å²) in [5.41, 5.74) is 1.54. The van der Waals surface area contributed by atoms with Crippen LogP contribution in [0.2, 0.25) is 0 Å². The summed E-state index contributed by atoms with van der Waals surface area (Å²) in [7, 11) is -1.91. The minimum absolute atomic E-state index is 0.217. The molecule has 6 nitrogen and oxygen atoms in total. The molecule has 0 fully saturated rings. The van der Waals surface area contributed by atoms with E-state index >= 15 is 0 Å². The van der Waals surface area contributed by atoms with Crippen LogP contribution in [0.4, 0.5) is 0 Å². The molecule has 0 bridgehead atoms. The normalized spacial score (nSPS) is 11.4. The van der Waals surface area contributed by atoms with Gasteiger partial charge in [0, 0.05) is 25.2 Å². The molecule has 2 rings (SSSR count). The highest BCUT2D eigenvalue weighted by molar-refractivity contribution is 7.89. The highest BCUT2D eigenvalue weighted by Gasteiger charge is 2.23. The number of benzene rings is 2. The van der Waals surface area contributed by atoms with E-state index < -0.39 is 10.0 Å². The molecule has 0 saturated heterocycles. The van der Waals surface area contributed by atoms with Crippen molar-refractivity contribution in [1.29, 1.82) is 0 Å². The van der Waals surface area contributed by atoms with E-state index in [1.165, 1.54) is 16.4 Å². The Hall–Kier alpha value is -2.38. The fourth-order valence-corrected chi connectivity index (χ4v) is 4.62. The lowest BCUT2D eigenvalue weighted by atomic mass is 10.1. The Morgan fingerprint density at radius 2 is 1.55 bits per heavy atom. The summed E-state index contributed by atoms with van der Waals surface area (Å²) in [4.78, 5) is 12.6. The van der Waals surface area contributed by atoms with Gasteiger partial charge in [-0.25, -0.2) is 8.42 Å². The van der Waals surface area contributed by atoms with E-state index in [4.69, 9.17) is 4.74 Å². The minimum Gasteiger partial charge on any atom is -0.497 e. The zero-order valence-corrected chi connectivity index (χ0v) is 18.2. The van der Waals surface area contributed by atoms with Crippen LogP contribution in [0.1, 0.15) is 42.6 Å². The molecular weight excluding hydrogens is 388 g/mol. The zero-order chi connectivity index (χ0) is 21.3. The maximum atomic E-state index is 12.8. The summed E-state index contributed by atoms with van der Waals surface area (Å²) in [6.07, 6.45) is 2.22. The first-order chi connectivity index (χ1) is 13.9. The smallest absolute Gasteiger partial charge is 0.251 e. The van der Waals surface area contributed by atoms with Crippen LogP contribution < -0.4 is 10.1 Å². The van der Waals surface area contributed by atoms with Gasteiger partial charge in [0.05, 0.1) is 12.0 Å². The number of methoxy groups -OCH3 is 1. The summed E-state index contributed by atoms with van der Waals surface area (Å²) in [5, 5.41) is 2.87. The Bertz CT molecular complexity index is 872. The molecule has 2 aromatic carbocycles. The third-order valence-corrected chi connectivity index (χ3v) is 6.47. The molecule has 29 heavy (non-hydrogen) atoms. The fourth-order valence-electron chi connectivity index (χ4n) is 2.99. The average molecular weight is 419 g/mol. The topological polar surface area (TPSA) is 75.7 Å². The van der Waals surface area contributed by atoms with Gasteiger partial charge in [-0.3, -0.25) is 4.79 Å². The zero-order valence-electron chi connectivity index (χ0n) is 17.3. The second-order valence-corrected chi connectivity index (χ2v) is 8.72. The van der Waals surface area contributed by atoms with Crippen LogP contribution in [-0.2, 0) is 16.4 Å². The summed E-state index contributed by atoms with van der Waals surface area (Å²) in [6, 6.07) is 13.8. The van der Waals surface area contributed by atoms with Crippen molar-refractivity contribution in [2.45, 2.75) is 38.0 Å². The number of hydrogen-bond acceptors (Lipinski definition) is 4. The van der Waals surface area contributed by atoms with Crippen molar-refractivity contribution < 1.29 is 17.9 Å². The monoisotopic (exact) mass is 418 g/mol. The third kappa shape index (κ3) is 6.30. The van der Waals surface area contributed by atoms with Gasteiger partial charge in [-0.2, -0.15) is 4.31 Å². The number of carbonyl (C=O) groups is 1. The molecule has 0 spiro atoms. The van der Waals surface area contributed by atoms with Gasteiger partial charge in [0.2, 0.25) is 10.0 Å². The van der Waals surface area contributed by atoms with Crippen LogP contribution in [0.3, 0.4) is 0 Å². The van der Waals surface area contributed by atoms with Crippen LogP contribution in [0.25, 0.3) is 0 Å². The molecule has 0 saturated carbocycles. The Labute approximate surface area is 173 Å². The van der Waals surface area contributed by atoms with Crippen LogP contribution in [-0.4, -0.2) is 45.4 Å². The number of carbonyl (C=O) groups excluding carboxylic acids is 1. The molecule has 0 heterocycles. The summed E-state index contributed by atoms with van der Waals surface area (Å²) in [6.45, 7) is 5.38. The second kappa shape index (κ2) is 11.0. The standard InChI is InChI=1S/C22H30N2O4S/c1-4-16-24(17-5-2)29(26,27)21-12-8-19(9-13-21)22(25)23-15-14-18-6-10-20(28-3)11-7-18/h6-13H,4-5,14-17H2,1-3H3,(H,23,25). The van der Waals surface area contributed by atoms with Gasteiger partial charge < -0.3 is 10.1 Å². The predicted octanol–water partition coefficient (Wildman–Crippen LogP) is 3.48. The van der Waals surface area contributed by atoms with E-state index in [2.05, 4.69) is 5.32 Å². The van der Waals surface area contributed by atoms with E-state index in [9.17, 15) is 13.2 Å². The lowest BCUT2D eigenvalue weighted by molar-refractivity contribution is 0.0954. The van der Waals surface area contributed by atoms with Gasteiger partial charge in [-0.05, 0) is 61.2 Å². The molecule has 0 aromatic heterocycles. The van der Waals surface area contributed by atoms with Crippen molar-refractivity contribution in [1.82, 2.24) is 9.62 Å². The lowest BCUT2D eigenvalue weighted by Gasteiger charge is -2.21. The first-order valence-electron chi connectivity index (χ1n) is 9.93. The number of sulfonamides is 1. The van der Waals surface area contributed by atoms with Crippen molar-refractivity contribution in [3.8, 4) is 5.75 Å². The van der Waals surface area contributed by atoms with E-state index in [1.807, 2.05) is 38.1 Å². The molecule has 0 aliphatic heterocycles. The first kappa shape index (κ1) is 22.9. The second-order valence-electron chi connectivity index (χ2n) is 6.78. The van der Waals surface area contributed by atoms with Crippen molar-refractivity contribution in [2.24, 2.45) is 0 Å². The van der Waals surface area contributed by atoms with Gasteiger partial charge in [0.1, 0.15) is 5.75 Å². The number of amides is 1. The molecular formula is C22H30N2O4S. The third-order valence-electron chi connectivity index (χ3n) is 4.56. The number of nitrogens with one attached hydrogen (secondary N) is 1. The van der Waals surface area contributed by atoms with Gasteiger partial charge in [0.15, 0.2) is 0 Å². The van der Waals surface area contributed by atoms with Crippen molar-refractivity contribution >= 4 is 15.9 Å². The van der Waals surface area contributed by atoms with Crippen LogP contribution in [0.15, 0.2) is 53.4 Å². The Balaban J connectivity index is 1.96. The van der Waals surface area contributed by atoms with Gasteiger partial charge in [-0.1, -0.05) is 26.0 Å². The van der Waals surface area contributed by atoms with E-state index in [0.29, 0.717) is 31.6 Å². The van der Waals surface area contributed by atoms with Gasteiger partial charge in [0.25, 0.3) is 5.91 Å². The van der Waals surface area contributed by atoms with Crippen LogP contribution in [0, 0.1) is 0 Å². The van der Waals surface area contributed by atoms with Crippen molar-refractivity contribution in [3.05, 3.63) is 59.7 Å². The minimum atomic E-state index is -3.54. The average Bonchev–Trinajstić information content (AvgIpc) is 2.74. The van der Waals surface area contributed by atoms with Gasteiger partial charge in [-0.15, -0.1) is 0 Å². The van der Waals surface area contributed by atoms with E-state index in [0.717, 1.165) is 24.2 Å². The lowest BCUT2D eigenvalue weighted by Crippen LogP contribution is -2.32. The first-order valence-corrected chi connectivity index (χ1v) is 11.4. The summed E-state index contributed by atoms with van der Waals surface area (Å²) >= 11 is 0. The highest BCUT2D eigenvalue weighted by Crippen LogP contribution is 2.17. The quantitative estimate of drug-likeness (QED) is 0.606. The van der Waals surface area contributed by atoms with Crippen molar-refractivity contribution in [2.75, 3.05) is 26.7 Å². The Kier molecular flexibility index (Phi) is 8.67. The maximum absolute atomic E-state index is 12.8. The SMILES string of the molecule is CCCN(CCC)S(=O)(=O)c1ccc(C(=O)NCCc2ccc(OC)cc2)cc1. The van der Waals surface area contributed by atoms with Crippen LogP contribution in [0.5, 0.6) is 5.75 Å². The molecule has 2 aromatic rings. The highest BCUT2D eigenvalue weighted by atomic mass is 32.2. The number of nitrogens with zero attached hydrogens (tertiary/aromatic N) is 1. The molecule has 0 atom stereocenters. The van der Waals surface area contributed by atoms with Crippen molar-refractivity contribution in [3.63, 3.8) is 0 Å². The molecule has 0 radical (unpaired) electrons. The largest absolute Gasteiger partial charge is 0.497 e. The number of ether oxygens (including phenoxy) is 1. The number of hydrogen-bond donors (Lipinski definition) is 1. The molecule has 158 valence electrons. The van der Waals surface area contributed by atoms with E-state index in [1.54, 1.807) is 19.2 Å². The van der Waals surface area contributed by atoms with Gasteiger partial charge >= 0.3 is 0 Å². The molecule has 0 aliphatic carbocycles. The Morgan fingerprint density at radius 3 is 2.07 bits per heavy atom. The fraction of sp³-hybridized carbons (Fsp3) is 0.409. The molecule has 7 heteroatoms. The molecule has 0 unspecified atom stereocenters. The maximum Gasteiger partial charge on any atom is 0.251 e. The molecule has 1 N–H and O–H groups in total. The summed E-state index contributed by atoms with van der Waals surface area (Å²) in [5.74, 6) is 0.575. The number of rotatable bonds is 11. The molecule has 1 amide bonds. The Morgan fingerprint density at radius 1 is 0.966 bits per heavy atom. The summed E-state index contributed by atoms with van der Waals surface area (Å²) < 4.78 is 32.2. The van der Waals surface area contributed by atoms with E-state index in [-0.39, 0.29) is 10.8 Å².